The van der Waals surface area contributed by atoms with Crippen molar-refractivity contribution in [3.05, 3.63) is 81.5 Å². The van der Waals surface area contributed by atoms with E-state index in [1.54, 1.807) is 7.11 Å². The van der Waals surface area contributed by atoms with E-state index in [0.29, 0.717) is 18.1 Å². The zero-order valence-corrected chi connectivity index (χ0v) is 23.4. The number of aromatic amines is 1. The van der Waals surface area contributed by atoms with Gasteiger partial charge in [-0.05, 0) is 90.2 Å². The van der Waals surface area contributed by atoms with Crippen LogP contribution in [0.5, 0.6) is 34.6 Å². The summed E-state index contributed by atoms with van der Waals surface area (Å²) in [5.74, 6) is 3.89. The van der Waals surface area contributed by atoms with Crippen LogP contribution in [-0.2, 0) is 12.8 Å². The molecular weight excluding hydrogens is 514 g/mol. The normalized spacial score (nSPS) is 10.8. The molecule has 4 rings (SSSR count). The summed E-state index contributed by atoms with van der Waals surface area (Å²) in [6.45, 7) is 5.30. The third-order valence-corrected chi connectivity index (χ3v) is 7.04. The van der Waals surface area contributed by atoms with Crippen LogP contribution in [0, 0.1) is 0 Å². The average Bonchev–Trinajstić information content (AvgIpc) is 3.28. The second kappa shape index (κ2) is 13.8. The lowest BCUT2D eigenvalue weighted by atomic mass is 10.0. The molecule has 0 aliphatic rings. The van der Waals surface area contributed by atoms with E-state index in [1.807, 2.05) is 60.7 Å². The van der Waals surface area contributed by atoms with E-state index in [2.05, 4.69) is 18.8 Å². The maximum Gasteiger partial charge on any atom is 0.307 e. The summed E-state index contributed by atoms with van der Waals surface area (Å²) >= 11 is 0.998. The molecule has 206 valence electrons. The first kappa shape index (κ1) is 28.1. The van der Waals surface area contributed by atoms with Gasteiger partial charge in [-0.3, -0.25) is 9.78 Å². The maximum absolute atomic E-state index is 11.6. The number of rotatable bonds is 14. The summed E-state index contributed by atoms with van der Waals surface area (Å²) in [5, 5.41) is 10.0. The van der Waals surface area contributed by atoms with Gasteiger partial charge >= 0.3 is 4.87 Å². The Morgan fingerprint density at radius 1 is 0.795 bits per heavy atom. The minimum Gasteiger partial charge on any atom is -0.497 e. The van der Waals surface area contributed by atoms with Gasteiger partial charge in [0, 0.05) is 6.42 Å². The molecule has 0 amide bonds. The number of aromatic hydroxyl groups is 1. The Morgan fingerprint density at radius 3 is 1.97 bits per heavy atom. The first-order valence-electron chi connectivity index (χ1n) is 13.3. The van der Waals surface area contributed by atoms with Crippen molar-refractivity contribution in [3.8, 4) is 45.1 Å². The van der Waals surface area contributed by atoms with Gasteiger partial charge < -0.3 is 24.1 Å². The molecule has 0 fully saturated rings. The predicted octanol–water partition coefficient (Wildman–Crippen LogP) is 7.36. The molecule has 4 aromatic rings. The van der Waals surface area contributed by atoms with Crippen molar-refractivity contribution >= 4 is 11.3 Å². The minimum absolute atomic E-state index is 0.0963. The first-order chi connectivity index (χ1) is 19.0. The monoisotopic (exact) mass is 549 g/mol. The molecule has 0 atom stereocenters. The van der Waals surface area contributed by atoms with Crippen molar-refractivity contribution in [2.45, 2.75) is 46.0 Å². The van der Waals surface area contributed by atoms with Crippen LogP contribution in [-0.4, -0.2) is 30.4 Å². The lowest BCUT2D eigenvalue weighted by Gasteiger charge is -2.15. The van der Waals surface area contributed by atoms with E-state index in [1.165, 1.54) is 0 Å². The number of ether oxygens (including phenoxy) is 4. The minimum atomic E-state index is -0.277. The highest BCUT2D eigenvalue weighted by Crippen LogP contribution is 2.34. The maximum atomic E-state index is 11.6. The van der Waals surface area contributed by atoms with E-state index in [0.717, 1.165) is 88.9 Å². The number of H-pyrrole nitrogens is 1. The van der Waals surface area contributed by atoms with Crippen LogP contribution < -0.4 is 23.8 Å². The highest BCUT2D eigenvalue weighted by molar-refractivity contribution is 7.13. The zero-order valence-electron chi connectivity index (χ0n) is 22.6. The van der Waals surface area contributed by atoms with Crippen molar-refractivity contribution in [1.82, 2.24) is 4.98 Å². The Morgan fingerprint density at radius 2 is 1.38 bits per heavy atom. The third-order valence-electron chi connectivity index (χ3n) is 6.12. The van der Waals surface area contributed by atoms with Crippen molar-refractivity contribution in [2.24, 2.45) is 0 Å². The summed E-state index contributed by atoms with van der Waals surface area (Å²) in [6.07, 6.45) is 4.41. The molecule has 7 nitrogen and oxygen atoms in total. The fourth-order valence-electron chi connectivity index (χ4n) is 4.27. The molecule has 8 heteroatoms. The van der Waals surface area contributed by atoms with E-state index < -0.39 is 0 Å². The van der Waals surface area contributed by atoms with Crippen molar-refractivity contribution in [1.29, 1.82) is 0 Å². The molecule has 1 aromatic heterocycles. The van der Waals surface area contributed by atoms with Gasteiger partial charge in [0.15, 0.2) is 0 Å². The van der Waals surface area contributed by atoms with Gasteiger partial charge in [-0.15, -0.1) is 0 Å². The molecule has 0 bridgehead atoms. The van der Waals surface area contributed by atoms with Crippen LogP contribution >= 0.6 is 11.3 Å². The van der Waals surface area contributed by atoms with Gasteiger partial charge in [-0.2, -0.15) is 0 Å². The third kappa shape index (κ3) is 7.57. The molecule has 0 unspecified atom stereocenters. The molecule has 3 aromatic carbocycles. The van der Waals surface area contributed by atoms with Gasteiger partial charge in [-0.25, -0.2) is 0 Å². The fraction of sp³-hybridized carbons (Fsp3) is 0.323. The molecule has 0 saturated heterocycles. The van der Waals surface area contributed by atoms with Crippen LogP contribution in [0.2, 0.25) is 0 Å². The quantitative estimate of drug-likeness (QED) is 0.160. The van der Waals surface area contributed by atoms with Gasteiger partial charge in [0.2, 0.25) is 5.88 Å². The van der Waals surface area contributed by atoms with E-state index in [4.69, 9.17) is 18.9 Å². The molecule has 0 aliphatic carbocycles. The number of benzene rings is 3. The summed E-state index contributed by atoms with van der Waals surface area (Å²) in [7, 11) is 1.64. The SMILES string of the molecule is CCCc1cc(Oc2ccc(OC)cc2)ccc1OCCCOc1ccc(-c2sc(=O)[nH]c2O)cc1CCC. The Labute approximate surface area is 233 Å². The second-order valence-corrected chi connectivity index (χ2v) is 10.1. The number of nitrogens with one attached hydrogen (secondary N) is 1. The van der Waals surface area contributed by atoms with Crippen molar-refractivity contribution < 1.29 is 24.1 Å². The fourth-order valence-corrected chi connectivity index (χ4v) is 5.00. The molecule has 2 N–H and O–H groups in total. The summed E-state index contributed by atoms with van der Waals surface area (Å²) in [4.78, 5) is 14.3. The molecule has 0 radical (unpaired) electrons. The molecule has 0 spiro atoms. The Bertz CT molecular complexity index is 1410. The van der Waals surface area contributed by atoms with Gasteiger partial charge in [0.25, 0.3) is 0 Å². The number of aryl methyl sites for hydroxylation is 2. The van der Waals surface area contributed by atoms with Crippen molar-refractivity contribution in [2.75, 3.05) is 20.3 Å². The molecular formula is C31H35NO6S. The lowest BCUT2D eigenvalue weighted by Crippen LogP contribution is -2.07. The Balaban J connectivity index is 1.33. The number of methoxy groups -OCH3 is 1. The van der Waals surface area contributed by atoms with Crippen LogP contribution in [0.4, 0.5) is 0 Å². The van der Waals surface area contributed by atoms with E-state index in [-0.39, 0.29) is 10.8 Å². The molecule has 0 saturated carbocycles. The highest BCUT2D eigenvalue weighted by Gasteiger charge is 2.13. The van der Waals surface area contributed by atoms with Crippen molar-refractivity contribution in [3.63, 3.8) is 0 Å². The summed E-state index contributed by atoms with van der Waals surface area (Å²) in [6, 6.07) is 19.2. The van der Waals surface area contributed by atoms with Crippen LogP contribution in [0.15, 0.2) is 65.5 Å². The number of hydrogen-bond acceptors (Lipinski definition) is 7. The summed E-state index contributed by atoms with van der Waals surface area (Å²) in [5.41, 5.74) is 2.97. The number of thiazole rings is 1. The summed E-state index contributed by atoms with van der Waals surface area (Å²) < 4.78 is 23.5. The smallest absolute Gasteiger partial charge is 0.307 e. The second-order valence-electron chi connectivity index (χ2n) is 9.11. The van der Waals surface area contributed by atoms with E-state index in [9.17, 15) is 9.90 Å². The first-order valence-corrected chi connectivity index (χ1v) is 14.1. The standard InChI is InChI=1S/C31H35NO6S/c1-4-7-21-19-23(29-30(33)32-31(34)39-29)9-15-27(21)36-17-6-18-37-28-16-14-26(20-22(28)8-5-2)38-25-12-10-24(35-3)11-13-25/h9-16,19-20,33H,4-8,17-18H2,1-3H3,(H,32,34). The van der Waals surface area contributed by atoms with Crippen LogP contribution in [0.1, 0.15) is 44.2 Å². The number of hydrogen-bond donors (Lipinski definition) is 2. The van der Waals surface area contributed by atoms with Crippen LogP contribution in [0.3, 0.4) is 0 Å². The van der Waals surface area contributed by atoms with Crippen LogP contribution in [0.25, 0.3) is 10.4 Å². The number of aromatic nitrogens is 1. The predicted molar refractivity (Wildman–Crippen MR) is 155 cm³/mol. The Kier molecular flexibility index (Phi) is 9.91. The molecule has 1 heterocycles. The Hall–Kier alpha value is -3.91. The van der Waals surface area contributed by atoms with Gasteiger partial charge in [0.05, 0.1) is 25.2 Å². The average molecular weight is 550 g/mol. The zero-order chi connectivity index (χ0) is 27.6. The molecule has 0 aliphatic heterocycles. The molecule has 39 heavy (non-hydrogen) atoms. The largest absolute Gasteiger partial charge is 0.497 e. The topological polar surface area (TPSA) is 90.0 Å². The lowest BCUT2D eigenvalue weighted by molar-refractivity contribution is 0.244. The van der Waals surface area contributed by atoms with Gasteiger partial charge in [-0.1, -0.05) is 38.0 Å². The van der Waals surface area contributed by atoms with Gasteiger partial charge in [0.1, 0.15) is 28.7 Å². The highest BCUT2D eigenvalue weighted by atomic mass is 32.1. The van der Waals surface area contributed by atoms with E-state index >= 15 is 0 Å².